The molecule has 1 amide bonds. The van der Waals surface area contributed by atoms with E-state index >= 15 is 0 Å². The molecule has 0 aromatic rings. The smallest absolute Gasteiger partial charge is 0.240 e. The van der Waals surface area contributed by atoms with Gasteiger partial charge >= 0.3 is 0 Å². The van der Waals surface area contributed by atoms with Gasteiger partial charge in [-0.1, -0.05) is 39.5 Å². The first-order chi connectivity index (χ1) is 9.04. The van der Waals surface area contributed by atoms with Crippen LogP contribution in [-0.2, 0) is 4.79 Å². The Kier molecular flexibility index (Phi) is 7.44. The lowest BCUT2D eigenvalue weighted by Gasteiger charge is -2.33. The fraction of sp³-hybridized carbons (Fsp3) is 0.938. The van der Waals surface area contributed by atoms with E-state index in [1.165, 1.54) is 32.1 Å². The Labute approximate surface area is 118 Å². The predicted octanol–water partition coefficient (Wildman–Crippen LogP) is 3.24. The molecular weight excluding hydrogens is 236 g/mol. The van der Waals surface area contributed by atoms with E-state index in [1.54, 1.807) is 0 Å². The second kappa shape index (κ2) is 8.57. The molecule has 1 rings (SSSR count). The van der Waals surface area contributed by atoms with Crippen molar-refractivity contribution in [2.24, 2.45) is 5.92 Å². The minimum Gasteiger partial charge on any atom is -0.355 e. The molecule has 3 nitrogen and oxygen atoms in total. The average molecular weight is 268 g/mol. The van der Waals surface area contributed by atoms with Crippen LogP contribution in [0.3, 0.4) is 0 Å². The first-order valence-corrected chi connectivity index (χ1v) is 8.08. The summed E-state index contributed by atoms with van der Waals surface area (Å²) in [5, 5.41) is 6.45. The van der Waals surface area contributed by atoms with Crippen LogP contribution < -0.4 is 10.6 Å². The molecule has 1 aliphatic heterocycles. The topological polar surface area (TPSA) is 41.1 Å². The summed E-state index contributed by atoms with van der Waals surface area (Å²) < 4.78 is 0. The molecule has 0 aromatic heterocycles. The highest BCUT2D eigenvalue weighted by Crippen LogP contribution is 2.18. The summed E-state index contributed by atoms with van der Waals surface area (Å²) in [6.07, 6.45) is 9.61. The van der Waals surface area contributed by atoms with Crippen LogP contribution in [0, 0.1) is 5.92 Å². The Morgan fingerprint density at radius 3 is 2.58 bits per heavy atom. The molecule has 3 heteroatoms. The number of piperidine rings is 1. The van der Waals surface area contributed by atoms with Crippen LogP contribution in [0.1, 0.15) is 72.1 Å². The summed E-state index contributed by atoms with van der Waals surface area (Å²) in [5.74, 6) is 1.01. The van der Waals surface area contributed by atoms with E-state index in [9.17, 15) is 4.79 Å². The zero-order valence-corrected chi connectivity index (χ0v) is 13.1. The van der Waals surface area contributed by atoms with Crippen LogP contribution in [0.25, 0.3) is 0 Å². The maximum absolute atomic E-state index is 12.1. The van der Waals surface area contributed by atoms with E-state index in [0.717, 1.165) is 38.3 Å². The van der Waals surface area contributed by atoms with Crippen LogP contribution in [-0.4, -0.2) is 24.5 Å². The lowest BCUT2D eigenvalue weighted by Crippen LogP contribution is -2.57. The van der Waals surface area contributed by atoms with E-state index in [0.29, 0.717) is 0 Å². The van der Waals surface area contributed by atoms with Crippen molar-refractivity contribution in [3.63, 3.8) is 0 Å². The van der Waals surface area contributed by atoms with Gasteiger partial charge < -0.3 is 10.6 Å². The summed E-state index contributed by atoms with van der Waals surface area (Å²) in [6.45, 7) is 8.39. The zero-order valence-electron chi connectivity index (χ0n) is 13.1. The van der Waals surface area contributed by atoms with Gasteiger partial charge in [0, 0.05) is 6.54 Å². The number of hydrogen-bond donors (Lipinski definition) is 2. The fourth-order valence-corrected chi connectivity index (χ4v) is 2.68. The van der Waals surface area contributed by atoms with Gasteiger partial charge in [-0.3, -0.25) is 4.79 Å². The van der Waals surface area contributed by atoms with Gasteiger partial charge in [0.25, 0.3) is 0 Å². The molecule has 0 bridgehead atoms. The minimum absolute atomic E-state index is 0.189. The minimum atomic E-state index is -0.324. The normalized spacial score (nSPS) is 23.6. The molecule has 0 aromatic carbocycles. The second-order valence-electron chi connectivity index (χ2n) is 6.57. The lowest BCUT2D eigenvalue weighted by atomic mass is 9.90. The number of carbonyl (C=O) groups excluding carboxylic acids is 1. The SMILES string of the molecule is CC(C)CCCCCCNC(=O)C1(C)CCCCN1. The average Bonchev–Trinajstić information content (AvgIpc) is 2.38. The number of hydrogen-bond acceptors (Lipinski definition) is 2. The van der Waals surface area contributed by atoms with Crippen LogP contribution in [0.2, 0.25) is 0 Å². The summed E-state index contributed by atoms with van der Waals surface area (Å²) in [7, 11) is 0. The monoisotopic (exact) mass is 268 g/mol. The Morgan fingerprint density at radius 1 is 1.21 bits per heavy atom. The molecule has 1 atom stereocenters. The Hall–Kier alpha value is -0.570. The van der Waals surface area contributed by atoms with Crippen LogP contribution in [0.15, 0.2) is 0 Å². The van der Waals surface area contributed by atoms with Crippen LogP contribution >= 0.6 is 0 Å². The van der Waals surface area contributed by atoms with Gasteiger partial charge in [0.15, 0.2) is 0 Å². The second-order valence-corrected chi connectivity index (χ2v) is 6.57. The molecule has 19 heavy (non-hydrogen) atoms. The highest BCUT2D eigenvalue weighted by Gasteiger charge is 2.33. The van der Waals surface area contributed by atoms with Gasteiger partial charge in [0.2, 0.25) is 5.91 Å². The largest absolute Gasteiger partial charge is 0.355 e. The molecule has 1 unspecified atom stereocenters. The molecule has 2 N–H and O–H groups in total. The number of carbonyl (C=O) groups is 1. The standard InChI is InChI=1S/C16H32N2O/c1-14(2)10-6-4-5-8-12-17-15(19)16(3)11-7-9-13-18-16/h14,18H,4-13H2,1-3H3,(H,17,19). The van der Waals surface area contributed by atoms with E-state index in [2.05, 4.69) is 24.5 Å². The molecule has 1 aliphatic rings. The van der Waals surface area contributed by atoms with Crippen molar-refractivity contribution in [2.45, 2.75) is 77.7 Å². The molecular formula is C16H32N2O. The fourth-order valence-electron chi connectivity index (χ4n) is 2.68. The van der Waals surface area contributed by atoms with Gasteiger partial charge in [0.1, 0.15) is 0 Å². The first-order valence-electron chi connectivity index (χ1n) is 8.08. The van der Waals surface area contributed by atoms with Gasteiger partial charge in [-0.25, -0.2) is 0 Å². The van der Waals surface area contributed by atoms with E-state index in [4.69, 9.17) is 0 Å². The third-order valence-corrected chi connectivity index (χ3v) is 4.11. The third kappa shape index (κ3) is 6.42. The van der Waals surface area contributed by atoms with Gasteiger partial charge in [0.05, 0.1) is 5.54 Å². The van der Waals surface area contributed by atoms with Crippen molar-refractivity contribution in [2.75, 3.05) is 13.1 Å². The van der Waals surface area contributed by atoms with Gasteiger partial charge in [-0.2, -0.15) is 0 Å². The van der Waals surface area contributed by atoms with Crippen molar-refractivity contribution in [3.8, 4) is 0 Å². The summed E-state index contributed by atoms with van der Waals surface area (Å²) in [5.41, 5.74) is -0.324. The highest BCUT2D eigenvalue weighted by molar-refractivity contribution is 5.85. The maximum atomic E-state index is 12.1. The summed E-state index contributed by atoms with van der Waals surface area (Å²) in [6, 6.07) is 0. The number of amides is 1. The highest BCUT2D eigenvalue weighted by atomic mass is 16.2. The van der Waals surface area contributed by atoms with Crippen LogP contribution in [0.5, 0.6) is 0 Å². The summed E-state index contributed by atoms with van der Waals surface area (Å²) in [4.78, 5) is 12.1. The molecule has 0 spiro atoms. The Morgan fingerprint density at radius 2 is 1.95 bits per heavy atom. The van der Waals surface area contributed by atoms with Crippen molar-refractivity contribution in [1.82, 2.24) is 10.6 Å². The Balaban J connectivity index is 2.04. The first kappa shape index (κ1) is 16.5. The summed E-state index contributed by atoms with van der Waals surface area (Å²) >= 11 is 0. The van der Waals surface area contributed by atoms with Gasteiger partial charge in [-0.15, -0.1) is 0 Å². The molecule has 1 heterocycles. The molecule has 0 aliphatic carbocycles. The quantitative estimate of drug-likeness (QED) is 0.664. The predicted molar refractivity (Wildman–Crippen MR) is 81.2 cm³/mol. The molecule has 0 radical (unpaired) electrons. The van der Waals surface area contributed by atoms with Crippen molar-refractivity contribution < 1.29 is 4.79 Å². The van der Waals surface area contributed by atoms with E-state index < -0.39 is 0 Å². The number of unbranched alkanes of at least 4 members (excludes halogenated alkanes) is 3. The maximum Gasteiger partial charge on any atom is 0.240 e. The van der Waals surface area contributed by atoms with Gasteiger partial charge in [-0.05, 0) is 45.1 Å². The van der Waals surface area contributed by atoms with Crippen LogP contribution in [0.4, 0.5) is 0 Å². The third-order valence-electron chi connectivity index (χ3n) is 4.11. The molecule has 1 fully saturated rings. The molecule has 1 saturated heterocycles. The number of nitrogens with one attached hydrogen (secondary N) is 2. The molecule has 0 saturated carbocycles. The Bertz CT molecular complexity index is 257. The number of rotatable bonds is 8. The zero-order chi connectivity index (χ0) is 14.1. The van der Waals surface area contributed by atoms with Crippen molar-refractivity contribution >= 4 is 5.91 Å². The van der Waals surface area contributed by atoms with E-state index in [-0.39, 0.29) is 11.4 Å². The van der Waals surface area contributed by atoms with E-state index in [1.807, 2.05) is 6.92 Å². The van der Waals surface area contributed by atoms with Crippen molar-refractivity contribution in [1.29, 1.82) is 0 Å². The van der Waals surface area contributed by atoms with Crippen molar-refractivity contribution in [3.05, 3.63) is 0 Å². The lowest BCUT2D eigenvalue weighted by molar-refractivity contribution is -0.127. The molecule has 112 valence electrons.